The molecule has 1 aliphatic carbocycles. The summed E-state index contributed by atoms with van der Waals surface area (Å²) < 4.78 is 55.1. The Hall–Kier alpha value is -1.82. The summed E-state index contributed by atoms with van der Waals surface area (Å²) in [5, 5.41) is 41.2. The Bertz CT molecular complexity index is 1450. The van der Waals surface area contributed by atoms with E-state index in [1.165, 1.54) is 70.6 Å². The third-order valence-corrected chi connectivity index (χ3v) is 12.6. The summed E-state index contributed by atoms with van der Waals surface area (Å²) in [4.78, 5) is 54.3. The number of carbonyl (C=O) groups is 2. The van der Waals surface area contributed by atoms with E-state index in [1.54, 1.807) is 0 Å². The molecule has 2 rings (SSSR count). The molecular formula is C45H80O17P2. The van der Waals surface area contributed by atoms with Crippen LogP contribution in [0.25, 0.3) is 0 Å². The van der Waals surface area contributed by atoms with Gasteiger partial charge < -0.3 is 49.3 Å². The number of unbranched alkanes of at least 4 members (excludes halogenated alkanes) is 16. The van der Waals surface area contributed by atoms with Gasteiger partial charge in [0.05, 0.1) is 18.8 Å². The summed E-state index contributed by atoms with van der Waals surface area (Å²) >= 11 is 0. The van der Waals surface area contributed by atoms with E-state index < -0.39 is 83.5 Å². The molecular weight excluding hydrogens is 874 g/mol. The Morgan fingerprint density at radius 1 is 0.562 bits per heavy atom. The Kier molecular flexibility index (Phi) is 30.6. The highest BCUT2D eigenvalue weighted by Crippen LogP contribution is 2.49. The number of aliphatic hydroxyl groups is 4. The summed E-state index contributed by atoms with van der Waals surface area (Å²) in [6.45, 7) is 3.02. The number of epoxide rings is 1. The molecule has 19 heteroatoms. The molecule has 0 radical (unpaired) electrons. The van der Waals surface area contributed by atoms with Crippen LogP contribution in [0, 0.1) is 0 Å². The minimum absolute atomic E-state index is 0.0314. The predicted octanol–water partition coefficient (Wildman–Crippen LogP) is 7.72. The first-order valence-electron chi connectivity index (χ1n) is 23.7. The number of hydrogen-bond acceptors (Lipinski definition) is 14. The topological polar surface area (TPSA) is 269 Å². The molecule has 0 amide bonds. The number of esters is 2. The number of hydrogen-bond donors (Lipinski definition) is 7. The van der Waals surface area contributed by atoms with Gasteiger partial charge in [-0.2, -0.15) is 0 Å². The van der Waals surface area contributed by atoms with Crippen molar-refractivity contribution in [2.24, 2.45) is 0 Å². The van der Waals surface area contributed by atoms with Crippen molar-refractivity contribution in [2.45, 2.75) is 223 Å². The van der Waals surface area contributed by atoms with E-state index in [1.807, 2.05) is 12.2 Å². The summed E-state index contributed by atoms with van der Waals surface area (Å²) in [5.41, 5.74) is 0. The molecule has 0 bridgehead atoms. The number of ether oxygens (including phenoxy) is 3. The molecule has 17 nitrogen and oxygen atoms in total. The van der Waals surface area contributed by atoms with E-state index in [0.717, 1.165) is 51.4 Å². The third-order valence-electron chi connectivity index (χ3n) is 11.1. The first-order valence-corrected chi connectivity index (χ1v) is 26.7. The minimum Gasteiger partial charge on any atom is -0.462 e. The number of phosphoric ester groups is 2. The van der Waals surface area contributed by atoms with Crippen molar-refractivity contribution in [3.63, 3.8) is 0 Å². The lowest BCUT2D eigenvalue weighted by Crippen LogP contribution is -2.64. The van der Waals surface area contributed by atoms with Crippen molar-refractivity contribution < 1.29 is 81.6 Å². The molecule has 64 heavy (non-hydrogen) atoms. The Balaban J connectivity index is 1.82. The number of allylic oxidation sites excluding steroid dienone is 4. The van der Waals surface area contributed by atoms with Gasteiger partial charge in [0.25, 0.3) is 0 Å². The number of phosphoric acid groups is 2. The summed E-state index contributed by atoms with van der Waals surface area (Å²) in [7, 11) is -10.7. The first kappa shape index (κ1) is 58.3. The van der Waals surface area contributed by atoms with Crippen molar-refractivity contribution >= 4 is 27.6 Å². The molecule has 0 aromatic heterocycles. The second-order valence-corrected chi connectivity index (χ2v) is 19.5. The number of aliphatic hydroxyl groups excluding tert-OH is 4. The van der Waals surface area contributed by atoms with Gasteiger partial charge in [-0.1, -0.05) is 140 Å². The smallest absolute Gasteiger partial charge is 0.462 e. The van der Waals surface area contributed by atoms with Gasteiger partial charge in [-0.25, -0.2) is 9.13 Å². The molecule has 0 aromatic rings. The van der Waals surface area contributed by atoms with E-state index in [0.29, 0.717) is 19.3 Å². The van der Waals surface area contributed by atoms with Crippen LogP contribution in [0.2, 0.25) is 0 Å². The van der Waals surface area contributed by atoms with Crippen LogP contribution in [0.1, 0.15) is 168 Å². The molecule has 0 aromatic carbocycles. The highest BCUT2D eigenvalue weighted by Gasteiger charge is 2.54. The van der Waals surface area contributed by atoms with E-state index in [2.05, 4.69) is 42.7 Å². The van der Waals surface area contributed by atoms with Crippen LogP contribution in [0.15, 0.2) is 36.5 Å². The van der Waals surface area contributed by atoms with Crippen molar-refractivity contribution in [3.8, 4) is 0 Å². The monoisotopic (exact) mass is 954 g/mol. The fourth-order valence-corrected chi connectivity index (χ4v) is 8.83. The molecule has 7 unspecified atom stereocenters. The van der Waals surface area contributed by atoms with Gasteiger partial charge in [0.15, 0.2) is 6.10 Å². The van der Waals surface area contributed by atoms with E-state index in [-0.39, 0.29) is 25.0 Å². The van der Waals surface area contributed by atoms with Gasteiger partial charge in [-0.3, -0.25) is 23.2 Å². The summed E-state index contributed by atoms with van der Waals surface area (Å²) in [6.07, 6.45) is 21.3. The average Bonchev–Trinajstić information content (AvgIpc) is 4.01. The van der Waals surface area contributed by atoms with Gasteiger partial charge in [-0.15, -0.1) is 0 Å². The Morgan fingerprint density at radius 2 is 1.05 bits per heavy atom. The van der Waals surface area contributed by atoms with Crippen LogP contribution >= 0.6 is 15.6 Å². The largest absolute Gasteiger partial charge is 0.472 e. The van der Waals surface area contributed by atoms with Crippen LogP contribution in [0.5, 0.6) is 0 Å². The highest BCUT2D eigenvalue weighted by atomic mass is 31.2. The molecule has 7 N–H and O–H groups in total. The first-order chi connectivity index (χ1) is 30.6. The van der Waals surface area contributed by atoms with E-state index in [9.17, 15) is 53.8 Å². The fourth-order valence-electron chi connectivity index (χ4n) is 7.30. The zero-order valence-electron chi connectivity index (χ0n) is 38.2. The van der Waals surface area contributed by atoms with Gasteiger partial charge in [-0.05, 0) is 51.4 Å². The SMILES string of the molecule is CCCCC/C=C\C/C=C\CC1OC1C/C=C\CCCC(=O)OC[C@H](COP(=O)(O)O[C@H]1C(O)C(O)C(O)[C@@H](OP(=O)(O)O)C1O)OC(=O)CCCCCCCCCCCCCCC. The van der Waals surface area contributed by atoms with Crippen LogP contribution in [0.4, 0.5) is 0 Å². The number of rotatable bonds is 38. The zero-order chi connectivity index (χ0) is 47.2. The van der Waals surface area contributed by atoms with Crippen molar-refractivity contribution in [1.29, 1.82) is 0 Å². The fraction of sp³-hybridized carbons (Fsp3) is 0.822. The van der Waals surface area contributed by atoms with Crippen LogP contribution in [-0.2, 0) is 46.5 Å². The second kappa shape index (κ2) is 33.6. The Morgan fingerprint density at radius 3 is 1.64 bits per heavy atom. The quantitative estimate of drug-likeness (QED) is 0.0103. The van der Waals surface area contributed by atoms with Crippen LogP contribution in [0.3, 0.4) is 0 Å². The van der Waals surface area contributed by atoms with Crippen molar-refractivity contribution in [1.82, 2.24) is 0 Å². The highest BCUT2D eigenvalue weighted by molar-refractivity contribution is 7.47. The molecule has 1 saturated heterocycles. The molecule has 1 heterocycles. The van der Waals surface area contributed by atoms with Crippen molar-refractivity contribution in [3.05, 3.63) is 36.5 Å². The summed E-state index contributed by atoms with van der Waals surface area (Å²) in [5.74, 6) is -1.28. The standard InChI is InChI=1S/C45H80O17P2/c1-3-5-7-9-11-13-14-15-16-18-20-22-28-32-39(47)59-35(34-58-64(55,56)62-45-42(50)40(48)41(49)44(43(45)51)61-63(52,53)54)33-57-38(46)31-27-24-23-26-30-37-36(60-37)29-25-21-19-17-12-10-8-6-4-2/h12,17,21,23,25-26,35-37,40-45,48-51H,3-11,13-16,18-20,22,24,27-34H2,1-2H3,(H,55,56)(H2,52,53,54)/b17-12-,25-21-,26-23-/t35-,36?,37?,40?,41?,42?,43?,44-,45+/m1/s1. The maximum Gasteiger partial charge on any atom is 0.472 e. The average molecular weight is 955 g/mol. The second-order valence-electron chi connectivity index (χ2n) is 16.9. The maximum absolute atomic E-state index is 13.0. The molecule has 1 aliphatic heterocycles. The number of carbonyl (C=O) groups excluding carboxylic acids is 2. The lowest BCUT2D eigenvalue weighted by Gasteiger charge is -2.43. The molecule has 1 saturated carbocycles. The van der Waals surface area contributed by atoms with Crippen LogP contribution < -0.4 is 0 Å². The minimum atomic E-state index is -5.37. The van der Waals surface area contributed by atoms with Crippen LogP contribution in [-0.4, -0.2) is 115 Å². The lowest BCUT2D eigenvalue weighted by atomic mass is 9.85. The zero-order valence-corrected chi connectivity index (χ0v) is 39.9. The van der Waals surface area contributed by atoms with Gasteiger partial charge in [0, 0.05) is 12.8 Å². The van der Waals surface area contributed by atoms with Gasteiger partial charge in [0.1, 0.15) is 43.2 Å². The van der Waals surface area contributed by atoms with Gasteiger partial charge in [0.2, 0.25) is 0 Å². The molecule has 10 atom stereocenters. The third kappa shape index (κ3) is 27.1. The van der Waals surface area contributed by atoms with E-state index in [4.69, 9.17) is 23.3 Å². The Labute approximate surface area is 380 Å². The maximum atomic E-state index is 13.0. The van der Waals surface area contributed by atoms with E-state index >= 15 is 0 Å². The molecule has 372 valence electrons. The molecule has 2 aliphatic rings. The summed E-state index contributed by atoms with van der Waals surface area (Å²) in [6, 6.07) is 0. The van der Waals surface area contributed by atoms with Crippen molar-refractivity contribution in [2.75, 3.05) is 13.2 Å². The normalized spacial score (nSPS) is 25.3. The predicted molar refractivity (Wildman–Crippen MR) is 241 cm³/mol. The lowest BCUT2D eigenvalue weighted by molar-refractivity contribution is -0.216. The molecule has 2 fully saturated rings. The molecule has 0 spiro atoms. The van der Waals surface area contributed by atoms with Gasteiger partial charge >= 0.3 is 27.6 Å².